The Kier molecular flexibility index (Phi) is 4.33. The minimum Gasteiger partial charge on any atom is -0.367 e. The Labute approximate surface area is 120 Å². The van der Waals surface area contributed by atoms with E-state index in [0.717, 1.165) is 12.1 Å². The Morgan fingerprint density at radius 1 is 1.43 bits per heavy atom. The lowest BCUT2D eigenvalue weighted by atomic mass is 9.91. The molecule has 1 heterocycles. The zero-order chi connectivity index (χ0) is 15.6. The molecule has 2 rings (SSSR count). The zero-order valence-electron chi connectivity index (χ0n) is 11.4. The van der Waals surface area contributed by atoms with E-state index >= 15 is 0 Å². The van der Waals surface area contributed by atoms with E-state index in [2.05, 4.69) is 0 Å². The molecule has 0 aliphatic carbocycles. The van der Waals surface area contributed by atoms with Gasteiger partial charge < -0.3 is 4.74 Å². The van der Waals surface area contributed by atoms with E-state index in [1.165, 1.54) is 12.1 Å². The van der Waals surface area contributed by atoms with Crippen molar-refractivity contribution in [2.75, 3.05) is 0 Å². The lowest BCUT2D eigenvalue weighted by Gasteiger charge is -2.15. The molecule has 21 heavy (non-hydrogen) atoms. The molecule has 0 aromatic heterocycles. The smallest absolute Gasteiger partial charge is 0.367 e. The third-order valence-electron chi connectivity index (χ3n) is 3.51. The molecule has 112 valence electrons. The van der Waals surface area contributed by atoms with Crippen molar-refractivity contribution in [3.8, 4) is 6.07 Å². The maximum absolute atomic E-state index is 12.7. The Bertz CT molecular complexity index is 577. The predicted octanol–water partition coefficient (Wildman–Crippen LogP) is 3.45. The van der Waals surface area contributed by atoms with Crippen molar-refractivity contribution >= 4 is 5.78 Å². The summed E-state index contributed by atoms with van der Waals surface area (Å²) in [5.41, 5.74) is -0.811. The average molecular weight is 297 g/mol. The Hall–Kier alpha value is -1.87. The van der Waals surface area contributed by atoms with Crippen LogP contribution in [0.4, 0.5) is 13.2 Å². The second-order valence-corrected chi connectivity index (χ2v) is 5.10. The topological polar surface area (TPSA) is 50.1 Å². The van der Waals surface area contributed by atoms with Crippen molar-refractivity contribution in [1.29, 1.82) is 5.26 Å². The standard InChI is InChI=1S/C15H14F3NO2/c1-9-5-6-13(21-9)14(20)12(8-19)10-3-2-4-11(7-10)15(16,17)18/h2-4,7,9,12-13H,5-6H2,1H3. The number of benzene rings is 1. The van der Waals surface area contributed by atoms with Crippen molar-refractivity contribution in [1.82, 2.24) is 0 Å². The normalized spacial score (nSPS) is 23.6. The van der Waals surface area contributed by atoms with E-state index in [1.54, 1.807) is 6.07 Å². The number of carbonyl (C=O) groups excluding carboxylic acids is 1. The van der Waals surface area contributed by atoms with Crippen LogP contribution in [0.3, 0.4) is 0 Å². The van der Waals surface area contributed by atoms with Gasteiger partial charge in [0.25, 0.3) is 0 Å². The van der Waals surface area contributed by atoms with Gasteiger partial charge in [-0.25, -0.2) is 0 Å². The van der Waals surface area contributed by atoms with Crippen LogP contribution in [0.1, 0.15) is 36.8 Å². The quantitative estimate of drug-likeness (QED) is 0.858. The highest BCUT2D eigenvalue weighted by Gasteiger charge is 2.36. The molecule has 6 heteroatoms. The van der Waals surface area contributed by atoms with Crippen LogP contribution in [0.15, 0.2) is 24.3 Å². The number of nitriles is 1. The van der Waals surface area contributed by atoms with E-state index in [1.807, 2.05) is 6.92 Å². The number of halogens is 3. The minimum atomic E-state index is -4.50. The molecule has 0 spiro atoms. The number of rotatable bonds is 3. The number of ether oxygens (including phenoxy) is 1. The van der Waals surface area contributed by atoms with Gasteiger partial charge in [-0.15, -0.1) is 0 Å². The number of carbonyl (C=O) groups is 1. The summed E-state index contributed by atoms with van der Waals surface area (Å²) < 4.78 is 43.5. The maximum atomic E-state index is 12.7. The van der Waals surface area contributed by atoms with E-state index < -0.39 is 29.5 Å². The van der Waals surface area contributed by atoms with Gasteiger partial charge in [0.05, 0.1) is 17.7 Å². The third-order valence-corrected chi connectivity index (χ3v) is 3.51. The van der Waals surface area contributed by atoms with Crippen LogP contribution in [0.5, 0.6) is 0 Å². The van der Waals surface area contributed by atoms with E-state index in [4.69, 9.17) is 10.00 Å². The number of alkyl halides is 3. The van der Waals surface area contributed by atoms with Crippen LogP contribution in [-0.4, -0.2) is 18.0 Å². The van der Waals surface area contributed by atoms with Crippen LogP contribution in [-0.2, 0) is 15.7 Å². The largest absolute Gasteiger partial charge is 0.416 e. The molecule has 0 N–H and O–H groups in total. The fourth-order valence-electron chi connectivity index (χ4n) is 2.39. The van der Waals surface area contributed by atoms with Gasteiger partial charge in [-0.2, -0.15) is 18.4 Å². The predicted molar refractivity (Wildman–Crippen MR) is 68.4 cm³/mol. The number of Topliss-reactive ketones (excluding diaryl/α,β-unsaturated/α-hetero) is 1. The lowest BCUT2D eigenvalue weighted by Crippen LogP contribution is -2.26. The molecule has 1 saturated heterocycles. The molecule has 0 bridgehead atoms. The molecular weight excluding hydrogens is 283 g/mol. The van der Waals surface area contributed by atoms with Gasteiger partial charge in [-0.1, -0.05) is 18.2 Å². The fraction of sp³-hybridized carbons (Fsp3) is 0.467. The first-order valence-electron chi connectivity index (χ1n) is 6.59. The summed E-state index contributed by atoms with van der Waals surface area (Å²) in [7, 11) is 0. The second kappa shape index (κ2) is 5.86. The van der Waals surface area contributed by atoms with E-state index in [9.17, 15) is 18.0 Å². The summed E-state index contributed by atoms with van der Waals surface area (Å²) >= 11 is 0. The van der Waals surface area contributed by atoms with Gasteiger partial charge in [0.2, 0.25) is 0 Å². The molecule has 0 saturated carbocycles. The first kappa shape index (κ1) is 15.5. The maximum Gasteiger partial charge on any atom is 0.416 e. The molecule has 1 aromatic rings. The molecular formula is C15H14F3NO2. The van der Waals surface area contributed by atoms with Crippen LogP contribution in [0.25, 0.3) is 0 Å². The van der Waals surface area contributed by atoms with Crippen molar-refractivity contribution in [2.24, 2.45) is 0 Å². The third kappa shape index (κ3) is 3.42. The van der Waals surface area contributed by atoms with Crippen molar-refractivity contribution in [3.63, 3.8) is 0 Å². The van der Waals surface area contributed by atoms with Crippen LogP contribution < -0.4 is 0 Å². The van der Waals surface area contributed by atoms with Gasteiger partial charge in [0.15, 0.2) is 5.78 Å². The second-order valence-electron chi connectivity index (χ2n) is 5.10. The van der Waals surface area contributed by atoms with Gasteiger partial charge in [0, 0.05) is 0 Å². The molecule has 3 atom stereocenters. The van der Waals surface area contributed by atoms with Crippen molar-refractivity contribution < 1.29 is 22.7 Å². The lowest BCUT2D eigenvalue weighted by molar-refractivity contribution is -0.137. The highest BCUT2D eigenvalue weighted by molar-refractivity contribution is 5.92. The molecule has 3 unspecified atom stereocenters. The number of ketones is 1. The molecule has 1 aromatic carbocycles. The Balaban J connectivity index is 2.26. The zero-order valence-corrected chi connectivity index (χ0v) is 11.4. The van der Waals surface area contributed by atoms with Crippen LogP contribution in [0, 0.1) is 11.3 Å². The Morgan fingerprint density at radius 2 is 2.14 bits per heavy atom. The van der Waals surface area contributed by atoms with Gasteiger partial charge in [-0.05, 0) is 31.4 Å². The first-order chi connectivity index (χ1) is 9.82. The molecule has 1 aliphatic rings. The summed E-state index contributed by atoms with van der Waals surface area (Å²) in [5.74, 6) is -1.70. The van der Waals surface area contributed by atoms with E-state index in [-0.39, 0.29) is 11.7 Å². The van der Waals surface area contributed by atoms with Gasteiger partial charge in [0.1, 0.15) is 12.0 Å². The van der Waals surface area contributed by atoms with Gasteiger partial charge >= 0.3 is 6.18 Å². The molecule has 3 nitrogen and oxygen atoms in total. The number of hydrogen-bond donors (Lipinski definition) is 0. The summed E-state index contributed by atoms with van der Waals surface area (Å²) in [4.78, 5) is 12.3. The average Bonchev–Trinajstić information content (AvgIpc) is 2.85. The van der Waals surface area contributed by atoms with Crippen molar-refractivity contribution in [3.05, 3.63) is 35.4 Å². The molecule has 0 radical (unpaired) electrons. The summed E-state index contributed by atoms with van der Waals surface area (Å²) in [5, 5.41) is 9.16. The SMILES string of the molecule is CC1CCC(C(=O)C(C#N)c2cccc(C(F)(F)F)c2)O1. The summed E-state index contributed by atoms with van der Waals surface area (Å²) in [6.07, 6.45) is -4.08. The monoisotopic (exact) mass is 297 g/mol. The first-order valence-corrected chi connectivity index (χ1v) is 6.59. The van der Waals surface area contributed by atoms with Crippen LogP contribution in [0.2, 0.25) is 0 Å². The summed E-state index contributed by atoms with van der Waals surface area (Å²) in [6, 6.07) is 6.12. The molecule has 0 amide bonds. The molecule has 1 fully saturated rings. The highest BCUT2D eigenvalue weighted by atomic mass is 19.4. The Morgan fingerprint density at radius 3 is 2.67 bits per heavy atom. The van der Waals surface area contributed by atoms with Crippen LogP contribution >= 0.6 is 0 Å². The summed E-state index contributed by atoms with van der Waals surface area (Å²) in [6.45, 7) is 1.82. The minimum absolute atomic E-state index is 0.0560. The van der Waals surface area contributed by atoms with Gasteiger partial charge in [-0.3, -0.25) is 4.79 Å². The van der Waals surface area contributed by atoms with Crippen molar-refractivity contribution in [2.45, 2.75) is 44.1 Å². The number of nitrogens with zero attached hydrogens (tertiary/aromatic N) is 1. The fourth-order valence-corrected chi connectivity index (χ4v) is 2.39. The molecule has 1 aliphatic heterocycles. The number of hydrogen-bond acceptors (Lipinski definition) is 3. The van der Waals surface area contributed by atoms with E-state index in [0.29, 0.717) is 12.8 Å². The highest BCUT2D eigenvalue weighted by Crippen LogP contribution is 2.32.